The summed E-state index contributed by atoms with van der Waals surface area (Å²) in [6.45, 7) is 0.282. The lowest BCUT2D eigenvalue weighted by Crippen LogP contribution is -2.31. The minimum absolute atomic E-state index is 0.0611. The molecule has 5 heteroatoms. The van der Waals surface area contributed by atoms with Crippen molar-refractivity contribution in [3.8, 4) is 5.75 Å². The Morgan fingerprint density at radius 3 is 2.71 bits per heavy atom. The maximum atomic E-state index is 13.1. The van der Waals surface area contributed by atoms with E-state index in [-0.39, 0.29) is 18.3 Å². The number of halogens is 2. The number of para-hydroxylation sites is 1. The molecule has 110 valence electrons. The van der Waals surface area contributed by atoms with Gasteiger partial charge < -0.3 is 9.64 Å². The molecular weight excluding hydrogens is 337 g/mol. The number of amides is 1. The fraction of sp³-hybridized carbons (Fsp3) is 0.188. The molecule has 0 aliphatic heterocycles. The average molecular weight is 352 g/mol. The van der Waals surface area contributed by atoms with Gasteiger partial charge in [-0.15, -0.1) is 0 Å². The number of carbonyl (C=O) groups is 1. The summed E-state index contributed by atoms with van der Waals surface area (Å²) >= 11 is 3.35. The Labute approximate surface area is 131 Å². The van der Waals surface area contributed by atoms with E-state index in [4.69, 9.17) is 4.74 Å². The van der Waals surface area contributed by atoms with Crippen LogP contribution in [0.4, 0.5) is 4.39 Å². The predicted molar refractivity (Wildman–Crippen MR) is 82.5 cm³/mol. The molecule has 0 bridgehead atoms. The van der Waals surface area contributed by atoms with E-state index in [1.54, 1.807) is 25.2 Å². The molecule has 0 N–H and O–H groups in total. The lowest BCUT2D eigenvalue weighted by Gasteiger charge is -2.18. The summed E-state index contributed by atoms with van der Waals surface area (Å²) in [6, 6.07) is 13.5. The first-order valence-corrected chi connectivity index (χ1v) is 7.21. The van der Waals surface area contributed by atoms with E-state index < -0.39 is 0 Å². The van der Waals surface area contributed by atoms with E-state index in [0.29, 0.717) is 12.3 Å². The van der Waals surface area contributed by atoms with E-state index in [9.17, 15) is 9.18 Å². The molecule has 2 aromatic carbocycles. The Morgan fingerprint density at radius 1 is 1.24 bits per heavy atom. The Kier molecular flexibility index (Phi) is 5.33. The molecule has 0 atom stereocenters. The summed E-state index contributed by atoms with van der Waals surface area (Å²) in [6.07, 6.45) is 0. The Bertz CT molecular complexity index is 633. The molecule has 0 aliphatic carbocycles. The monoisotopic (exact) mass is 351 g/mol. The molecule has 21 heavy (non-hydrogen) atoms. The molecule has 0 radical (unpaired) electrons. The lowest BCUT2D eigenvalue weighted by atomic mass is 10.2. The molecule has 0 unspecified atom stereocenters. The number of benzene rings is 2. The normalized spacial score (nSPS) is 10.2. The zero-order valence-corrected chi connectivity index (χ0v) is 13.1. The molecule has 1 amide bonds. The van der Waals surface area contributed by atoms with Gasteiger partial charge in [0.05, 0.1) is 4.47 Å². The topological polar surface area (TPSA) is 29.5 Å². The number of rotatable bonds is 5. The largest absolute Gasteiger partial charge is 0.483 e. The van der Waals surface area contributed by atoms with Crippen LogP contribution in [-0.2, 0) is 11.3 Å². The number of likely N-dealkylation sites (N-methyl/N-ethyl adjacent to an activating group) is 1. The third-order valence-electron chi connectivity index (χ3n) is 2.92. The van der Waals surface area contributed by atoms with Crippen molar-refractivity contribution >= 4 is 21.8 Å². The molecule has 0 saturated carbocycles. The van der Waals surface area contributed by atoms with Gasteiger partial charge in [-0.25, -0.2) is 4.39 Å². The van der Waals surface area contributed by atoms with Gasteiger partial charge in [-0.2, -0.15) is 0 Å². The Balaban J connectivity index is 1.90. The summed E-state index contributed by atoms with van der Waals surface area (Å²) in [4.78, 5) is 13.5. The number of ether oxygens (including phenoxy) is 1. The molecule has 0 saturated heterocycles. The minimum Gasteiger partial charge on any atom is -0.483 e. The van der Waals surface area contributed by atoms with Crippen molar-refractivity contribution in [2.75, 3.05) is 13.7 Å². The zero-order chi connectivity index (χ0) is 15.2. The molecule has 0 heterocycles. The van der Waals surface area contributed by atoms with Gasteiger partial charge in [0, 0.05) is 13.6 Å². The van der Waals surface area contributed by atoms with Crippen molar-refractivity contribution < 1.29 is 13.9 Å². The van der Waals surface area contributed by atoms with Crippen molar-refractivity contribution in [3.63, 3.8) is 0 Å². The smallest absolute Gasteiger partial charge is 0.260 e. The van der Waals surface area contributed by atoms with Crippen molar-refractivity contribution in [1.29, 1.82) is 0 Å². The number of carbonyl (C=O) groups excluding carboxylic acids is 1. The van der Waals surface area contributed by atoms with E-state index in [2.05, 4.69) is 15.9 Å². The molecule has 0 aliphatic rings. The van der Waals surface area contributed by atoms with Gasteiger partial charge in [0.1, 0.15) is 11.6 Å². The molecule has 0 aromatic heterocycles. The van der Waals surface area contributed by atoms with Crippen molar-refractivity contribution in [2.24, 2.45) is 0 Å². The maximum Gasteiger partial charge on any atom is 0.260 e. The first-order chi connectivity index (χ1) is 10.1. The highest BCUT2D eigenvalue weighted by Gasteiger charge is 2.11. The summed E-state index contributed by atoms with van der Waals surface area (Å²) in [5.74, 6) is 0.137. The predicted octanol–water partition coefficient (Wildman–Crippen LogP) is 3.63. The first kappa shape index (κ1) is 15.5. The van der Waals surface area contributed by atoms with E-state index in [1.165, 1.54) is 17.0 Å². The van der Waals surface area contributed by atoms with E-state index >= 15 is 0 Å². The summed E-state index contributed by atoms with van der Waals surface area (Å²) in [5, 5.41) is 0. The molecule has 3 nitrogen and oxygen atoms in total. The zero-order valence-electron chi connectivity index (χ0n) is 11.6. The van der Waals surface area contributed by atoms with Gasteiger partial charge in [0.2, 0.25) is 0 Å². The molecular formula is C16H15BrFNO2. The van der Waals surface area contributed by atoms with Crippen LogP contribution < -0.4 is 4.74 Å². The van der Waals surface area contributed by atoms with Crippen molar-refractivity contribution in [3.05, 3.63) is 64.4 Å². The lowest BCUT2D eigenvalue weighted by molar-refractivity contribution is -0.132. The van der Waals surface area contributed by atoms with Crippen LogP contribution in [0.2, 0.25) is 0 Å². The van der Waals surface area contributed by atoms with Gasteiger partial charge in [-0.05, 0) is 45.8 Å². The highest BCUT2D eigenvalue weighted by molar-refractivity contribution is 9.10. The van der Waals surface area contributed by atoms with E-state index in [0.717, 1.165) is 10.0 Å². The van der Waals surface area contributed by atoms with Gasteiger partial charge >= 0.3 is 0 Å². The first-order valence-electron chi connectivity index (χ1n) is 6.42. The van der Waals surface area contributed by atoms with Crippen LogP contribution in [0, 0.1) is 5.82 Å². The number of hydrogen-bond acceptors (Lipinski definition) is 2. The molecule has 2 rings (SSSR count). The van der Waals surface area contributed by atoms with Crippen LogP contribution >= 0.6 is 15.9 Å². The standard InChI is InChI=1S/C16H15BrFNO2/c1-19(10-12-5-4-6-13(18)9-12)16(20)11-21-15-8-3-2-7-14(15)17/h2-9H,10-11H2,1H3. The second kappa shape index (κ2) is 7.22. The van der Waals surface area contributed by atoms with E-state index in [1.807, 2.05) is 18.2 Å². The third kappa shape index (κ3) is 4.56. The third-order valence-corrected chi connectivity index (χ3v) is 3.58. The van der Waals surface area contributed by atoms with Crippen molar-refractivity contribution in [1.82, 2.24) is 4.90 Å². The van der Waals surface area contributed by atoms with Crippen LogP contribution in [0.15, 0.2) is 53.0 Å². The molecule has 2 aromatic rings. The van der Waals surface area contributed by atoms with Gasteiger partial charge in [-0.3, -0.25) is 4.79 Å². The molecule has 0 fully saturated rings. The SMILES string of the molecule is CN(Cc1cccc(F)c1)C(=O)COc1ccccc1Br. The van der Waals surface area contributed by atoms with Crippen LogP contribution in [-0.4, -0.2) is 24.5 Å². The maximum absolute atomic E-state index is 13.1. The average Bonchev–Trinajstić information content (AvgIpc) is 2.46. The number of hydrogen-bond donors (Lipinski definition) is 0. The fourth-order valence-corrected chi connectivity index (χ4v) is 2.21. The number of nitrogens with zero attached hydrogens (tertiary/aromatic N) is 1. The Hall–Kier alpha value is -1.88. The molecule has 0 spiro atoms. The highest BCUT2D eigenvalue weighted by Crippen LogP contribution is 2.23. The van der Waals surface area contributed by atoms with Gasteiger partial charge in [-0.1, -0.05) is 24.3 Å². The fourth-order valence-electron chi connectivity index (χ4n) is 1.81. The summed E-state index contributed by atoms with van der Waals surface area (Å²) in [5.41, 5.74) is 0.742. The highest BCUT2D eigenvalue weighted by atomic mass is 79.9. The van der Waals surface area contributed by atoms with Crippen molar-refractivity contribution in [2.45, 2.75) is 6.54 Å². The van der Waals surface area contributed by atoms with Crippen LogP contribution in [0.5, 0.6) is 5.75 Å². The summed E-state index contributed by atoms with van der Waals surface area (Å²) < 4.78 is 19.4. The quantitative estimate of drug-likeness (QED) is 0.823. The van der Waals surface area contributed by atoms with Gasteiger partial charge in [0.25, 0.3) is 5.91 Å². The van der Waals surface area contributed by atoms with Crippen LogP contribution in [0.3, 0.4) is 0 Å². The second-order valence-electron chi connectivity index (χ2n) is 4.60. The minimum atomic E-state index is -0.308. The second-order valence-corrected chi connectivity index (χ2v) is 5.45. The van der Waals surface area contributed by atoms with Crippen LogP contribution in [0.1, 0.15) is 5.56 Å². The van der Waals surface area contributed by atoms with Crippen LogP contribution in [0.25, 0.3) is 0 Å². The van der Waals surface area contributed by atoms with Gasteiger partial charge in [0.15, 0.2) is 6.61 Å². The summed E-state index contributed by atoms with van der Waals surface area (Å²) in [7, 11) is 1.66. The Morgan fingerprint density at radius 2 is 2.00 bits per heavy atom.